The molecule has 138 valence electrons. The maximum atomic E-state index is 12.7. The highest BCUT2D eigenvalue weighted by atomic mass is 32.2. The SMILES string of the molecule is Cc1nn(-c2ccccc2)c(C)c1C1SCCC(=O)N1Cc1ccccn1. The van der Waals surface area contributed by atoms with Crippen LogP contribution in [0.25, 0.3) is 5.69 Å². The zero-order valence-electron chi connectivity index (χ0n) is 15.5. The van der Waals surface area contributed by atoms with Gasteiger partial charge < -0.3 is 4.90 Å². The molecule has 1 aliphatic rings. The van der Waals surface area contributed by atoms with Gasteiger partial charge in [0.25, 0.3) is 0 Å². The first-order valence-electron chi connectivity index (χ1n) is 9.07. The molecule has 27 heavy (non-hydrogen) atoms. The van der Waals surface area contributed by atoms with E-state index >= 15 is 0 Å². The number of benzene rings is 1. The summed E-state index contributed by atoms with van der Waals surface area (Å²) in [6.07, 6.45) is 2.34. The van der Waals surface area contributed by atoms with E-state index in [2.05, 4.69) is 11.9 Å². The highest BCUT2D eigenvalue weighted by Gasteiger charge is 2.34. The lowest BCUT2D eigenvalue weighted by molar-refractivity contribution is -0.132. The van der Waals surface area contributed by atoms with Crippen LogP contribution in [0.5, 0.6) is 0 Å². The predicted molar refractivity (Wildman–Crippen MR) is 108 cm³/mol. The van der Waals surface area contributed by atoms with E-state index < -0.39 is 0 Å². The number of aromatic nitrogens is 3. The maximum Gasteiger partial charge on any atom is 0.224 e. The molecule has 0 saturated carbocycles. The molecule has 1 unspecified atom stereocenters. The minimum Gasteiger partial charge on any atom is -0.320 e. The zero-order valence-corrected chi connectivity index (χ0v) is 16.3. The van der Waals surface area contributed by atoms with Crippen LogP contribution in [-0.4, -0.2) is 31.3 Å². The first-order chi connectivity index (χ1) is 13.1. The lowest BCUT2D eigenvalue weighted by Gasteiger charge is -2.35. The fraction of sp³-hybridized carbons (Fsp3) is 0.286. The van der Waals surface area contributed by atoms with Crippen LogP contribution >= 0.6 is 11.8 Å². The molecule has 1 fully saturated rings. The topological polar surface area (TPSA) is 51.0 Å². The van der Waals surface area contributed by atoms with Crippen LogP contribution in [0.2, 0.25) is 0 Å². The Kier molecular flexibility index (Phi) is 4.99. The lowest BCUT2D eigenvalue weighted by atomic mass is 10.1. The molecule has 4 rings (SSSR count). The Bertz CT molecular complexity index is 940. The number of amides is 1. The summed E-state index contributed by atoms with van der Waals surface area (Å²) >= 11 is 1.81. The molecule has 0 aliphatic carbocycles. The van der Waals surface area contributed by atoms with E-state index in [-0.39, 0.29) is 11.3 Å². The Morgan fingerprint density at radius 1 is 1.11 bits per heavy atom. The number of para-hydroxylation sites is 1. The second-order valence-electron chi connectivity index (χ2n) is 6.65. The van der Waals surface area contributed by atoms with Gasteiger partial charge in [-0.2, -0.15) is 5.10 Å². The first kappa shape index (κ1) is 17.8. The van der Waals surface area contributed by atoms with Crippen molar-refractivity contribution in [1.29, 1.82) is 0 Å². The standard InChI is InChI=1S/C21H22N4OS/c1-15-20(16(2)25(23-15)18-9-4-3-5-10-18)21-24(19(26)11-13-27-21)14-17-8-6-7-12-22-17/h3-10,12,21H,11,13-14H2,1-2H3. The average Bonchev–Trinajstić information content (AvgIpc) is 2.99. The van der Waals surface area contributed by atoms with E-state index in [4.69, 9.17) is 5.10 Å². The summed E-state index contributed by atoms with van der Waals surface area (Å²) < 4.78 is 1.98. The van der Waals surface area contributed by atoms with E-state index in [0.29, 0.717) is 13.0 Å². The normalized spacial score (nSPS) is 17.3. The lowest BCUT2D eigenvalue weighted by Crippen LogP contribution is -2.37. The third kappa shape index (κ3) is 3.49. The Balaban J connectivity index is 1.72. The minimum atomic E-state index is -0.0364. The molecule has 3 aromatic rings. The summed E-state index contributed by atoms with van der Waals surface area (Å²) in [5.41, 5.74) is 5.12. The maximum absolute atomic E-state index is 12.7. The Labute approximate surface area is 163 Å². The van der Waals surface area contributed by atoms with E-state index in [1.54, 1.807) is 6.20 Å². The van der Waals surface area contributed by atoms with Gasteiger partial charge in [0.1, 0.15) is 5.37 Å². The van der Waals surface area contributed by atoms with Crippen molar-refractivity contribution in [2.24, 2.45) is 0 Å². The van der Waals surface area contributed by atoms with E-state index in [1.807, 2.05) is 76.8 Å². The molecule has 1 atom stereocenters. The van der Waals surface area contributed by atoms with Gasteiger partial charge >= 0.3 is 0 Å². The van der Waals surface area contributed by atoms with Crippen LogP contribution < -0.4 is 0 Å². The molecule has 3 heterocycles. The third-order valence-electron chi connectivity index (χ3n) is 4.85. The number of thioether (sulfide) groups is 1. The Morgan fingerprint density at radius 3 is 2.63 bits per heavy atom. The quantitative estimate of drug-likeness (QED) is 0.687. The summed E-state index contributed by atoms with van der Waals surface area (Å²) in [7, 11) is 0. The van der Waals surface area contributed by atoms with Gasteiger partial charge in [-0.3, -0.25) is 9.78 Å². The second kappa shape index (κ2) is 7.56. The van der Waals surface area contributed by atoms with Gasteiger partial charge in [-0.05, 0) is 38.1 Å². The Morgan fingerprint density at radius 2 is 1.89 bits per heavy atom. The van der Waals surface area contributed by atoms with Crippen molar-refractivity contribution in [2.75, 3.05) is 5.75 Å². The van der Waals surface area contributed by atoms with Crippen molar-refractivity contribution in [3.63, 3.8) is 0 Å². The molecule has 1 saturated heterocycles. The molecule has 5 nitrogen and oxygen atoms in total. The van der Waals surface area contributed by atoms with Gasteiger partial charge in [-0.15, -0.1) is 11.8 Å². The van der Waals surface area contributed by atoms with E-state index in [1.165, 1.54) is 0 Å². The van der Waals surface area contributed by atoms with E-state index in [9.17, 15) is 4.79 Å². The van der Waals surface area contributed by atoms with Crippen molar-refractivity contribution < 1.29 is 4.79 Å². The molecule has 0 N–H and O–H groups in total. The third-order valence-corrected chi connectivity index (χ3v) is 6.09. The molecule has 1 aliphatic heterocycles. The Hall–Kier alpha value is -2.60. The molecule has 0 spiro atoms. The van der Waals surface area contributed by atoms with Crippen LogP contribution in [0.4, 0.5) is 0 Å². The summed E-state index contributed by atoms with van der Waals surface area (Å²) in [5, 5.41) is 4.74. The molecule has 0 bridgehead atoms. The number of hydrogen-bond donors (Lipinski definition) is 0. The zero-order chi connectivity index (χ0) is 18.8. The van der Waals surface area contributed by atoms with Crippen molar-refractivity contribution in [3.8, 4) is 5.69 Å². The summed E-state index contributed by atoms with van der Waals surface area (Å²) in [5.74, 6) is 1.01. The number of hydrogen-bond acceptors (Lipinski definition) is 4. The number of pyridine rings is 1. The number of carbonyl (C=O) groups is 1. The van der Waals surface area contributed by atoms with Crippen molar-refractivity contribution in [2.45, 2.75) is 32.2 Å². The van der Waals surface area contributed by atoms with Crippen LogP contribution in [-0.2, 0) is 11.3 Å². The summed E-state index contributed by atoms with van der Waals surface area (Å²) in [6, 6.07) is 15.9. The minimum absolute atomic E-state index is 0.0364. The fourth-order valence-corrected chi connectivity index (χ4v) is 4.93. The fourth-order valence-electron chi connectivity index (χ4n) is 3.53. The smallest absolute Gasteiger partial charge is 0.224 e. The van der Waals surface area contributed by atoms with Crippen molar-refractivity contribution >= 4 is 17.7 Å². The number of carbonyl (C=O) groups excluding carboxylic acids is 1. The van der Waals surface area contributed by atoms with Crippen LogP contribution in [0.1, 0.15) is 34.4 Å². The summed E-state index contributed by atoms with van der Waals surface area (Å²) in [6.45, 7) is 4.63. The number of nitrogens with zero attached hydrogens (tertiary/aromatic N) is 4. The number of aryl methyl sites for hydroxylation is 1. The van der Waals surface area contributed by atoms with Gasteiger partial charge in [-0.25, -0.2) is 4.68 Å². The molecule has 6 heteroatoms. The van der Waals surface area contributed by atoms with Gasteiger partial charge in [0.2, 0.25) is 5.91 Å². The van der Waals surface area contributed by atoms with E-state index in [0.717, 1.165) is 34.1 Å². The second-order valence-corrected chi connectivity index (χ2v) is 7.84. The molecule has 1 amide bonds. The molecule has 2 aromatic heterocycles. The van der Waals surface area contributed by atoms with Crippen LogP contribution in [0, 0.1) is 13.8 Å². The first-order valence-corrected chi connectivity index (χ1v) is 10.1. The molecule has 1 aromatic carbocycles. The highest BCUT2D eigenvalue weighted by Crippen LogP contribution is 2.41. The molecule has 0 radical (unpaired) electrons. The average molecular weight is 379 g/mol. The summed E-state index contributed by atoms with van der Waals surface area (Å²) in [4.78, 5) is 19.1. The van der Waals surface area contributed by atoms with Crippen molar-refractivity contribution in [3.05, 3.63) is 77.4 Å². The monoisotopic (exact) mass is 378 g/mol. The largest absolute Gasteiger partial charge is 0.320 e. The predicted octanol–water partition coefficient (Wildman–Crippen LogP) is 4.05. The van der Waals surface area contributed by atoms with Gasteiger partial charge in [0.05, 0.1) is 23.6 Å². The highest BCUT2D eigenvalue weighted by molar-refractivity contribution is 7.99. The van der Waals surface area contributed by atoms with Crippen LogP contribution in [0.15, 0.2) is 54.7 Å². The number of rotatable bonds is 4. The molecular formula is C21H22N4OS. The van der Waals surface area contributed by atoms with Gasteiger partial charge in [0, 0.05) is 29.6 Å². The van der Waals surface area contributed by atoms with Crippen LogP contribution in [0.3, 0.4) is 0 Å². The van der Waals surface area contributed by atoms with Gasteiger partial charge in [-0.1, -0.05) is 24.3 Å². The molecular weight excluding hydrogens is 356 g/mol. The van der Waals surface area contributed by atoms with Crippen molar-refractivity contribution in [1.82, 2.24) is 19.7 Å². The van der Waals surface area contributed by atoms with Gasteiger partial charge in [0.15, 0.2) is 0 Å².